The van der Waals surface area contributed by atoms with Crippen molar-refractivity contribution in [1.82, 2.24) is 0 Å². The van der Waals surface area contributed by atoms with Crippen LogP contribution in [0.15, 0.2) is 42.5 Å². The number of nitrogens with zero attached hydrogens (tertiary/aromatic N) is 2. The van der Waals surface area contributed by atoms with Gasteiger partial charge in [-0.05, 0) is 25.1 Å². The van der Waals surface area contributed by atoms with Crippen LogP contribution in [-0.2, 0) is 19.1 Å². The first-order chi connectivity index (χ1) is 15.2. The van der Waals surface area contributed by atoms with E-state index in [-0.39, 0.29) is 35.3 Å². The number of hydrogen-bond donors (Lipinski definition) is 1. The van der Waals surface area contributed by atoms with Gasteiger partial charge < -0.3 is 19.7 Å². The third-order valence-electron chi connectivity index (χ3n) is 4.91. The summed E-state index contributed by atoms with van der Waals surface area (Å²) < 4.78 is 10.4. The summed E-state index contributed by atoms with van der Waals surface area (Å²) in [5, 5.41) is 13.2. The molecule has 3 rings (SSSR count). The minimum atomic E-state index is -1.17. The number of amides is 2. The summed E-state index contributed by atoms with van der Waals surface area (Å²) in [6.07, 6.45) is -1.21. The Hall–Kier alpha value is -3.66. The number of nitro groups is 1. The van der Waals surface area contributed by atoms with E-state index in [1.807, 2.05) is 0 Å². The molecule has 1 fully saturated rings. The van der Waals surface area contributed by atoms with Crippen LogP contribution in [0.2, 0.25) is 5.02 Å². The van der Waals surface area contributed by atoms with Crippen molar-refractivity contribution in [2.45, 2.75) is 19.4 Å². The summed E-state index contributed by atoms with van der Waals surface area (Å²) in [4.78, 5) is 49.0. The zero-order chi connectivity index (χ0) is 23.4. The van der Waals surface area contributed by atoms with Crippen LogP contribution < -0.4 is 15.0 Å². The quantitative estimate of drug-likeness (QED) is 0.381. The van der Waals surface area contributed by atoms with E-state index in [9.17, 15) is 24.5 Å². The lowest BCUT2D eigenvalue weighted by Crippen LogP contribution is -2.33. The molecule has 1 aliphatic heterocycles. The van der Waals surface area contributed by atoms with Crippen LogP contribution in [0.5, 0.6) is 5.75 Å². The normalized spacial score (nSPS) is 16.4. The molecule has 2 atom stereocenters. The number of hydrogen-bond acceptors (Lipinski definition) is 7. The number of anilines is 2. The molecular weight excluding hydrogens is 442 g/mol. The number of rotatable bonds is 7. The Kier molecular flexibility index (Phi) is 6.94. The number of methoxy groups -OCH3 is 1. The lowest BCUT2D eigenvalue weighted by molar-refractivity contribution is -0.384. The maximum atomic E-state index is 12.5. The van der Waals surface area contributed by atoms with Gasteiger partial charge in [-0.2, -0.15) is 0 Å². The molecule has 2 aromatic rings. The largest absolute Gasteiger partial charge is 0.497 e. The molecule has 0 saturated carbocycles. The summed E-state index contributed by atoms with van der Waals surface area (Å²) in [6.45, 7) is 1.50. The number of carbonyl (C=O) groups excluding carboxylic acids is 3. The van der Waals surface area contributed by atoms with Gasteiger partial charge in [-0.25, -0.2) is 0 Å². The zero-order valence-electron chi connectivity index (χ0n) is 17.2. The van der Waals surface area contributed by atoms with Crippen molar-refractivity contribution in [3.63, 3.8) is 0 Å². The summed E-state index contributed by atoms with van der Waals surface area (Å²) in [7, 11) is 1.52. The summed E-state index contributed by atoms with van der Waals surface area (Å²) >= 11 is 5.96. The highest BCUT2D eigenvalue weighted by atomic mass is 35.5. The fourth-order valence-corrected chi connectivity index (χ4v) is 3.39. The highest BCUT2D eigenvalue weighted by Gasteiger charge is 2.37. The molecule has 32 heavy (non-hydrogen) atoms. The van der Waals surface area contributed by atoms with E-state index in [1.54, 1.807) is 24.3 Å². The molecule has 11 heteroatoms. The third-order valence-corrected chi connectivity index (χ3v) is 5.22. The zero-order valence-corrected chi connectivity index (χ0v) is 18.0. The van der Waals surface area contributed by atoms with Gasteiger partial charge in [0, 0.05) is 36.9 Å². The molecule has 0 bridgehead atoms. The molecule has 2 aromatic carbocycles. The highest BCUT2D eigenvalue weighted by molar-refractivity contribution is 6.34. The number of nitrogens with one attached hydrogen (secondary N) is 1. The first-order valence-electron chi connectivity index (χ1n) is 9.59. The van der Waals surface area contributed by atoms with E-state index < -0.39 is 28.8 Å². The Morgan fingerprint density at radius 3 is 2.69 bits per heavy atom. The van der Waals surface area contributed by atoms with Crippen molar-refractivity contribution < 1.29 is 28.8 Å². The van der Waals surface area contributed by atoms with Gasteiger partial charge in [0.2, 0.25) is 5.91 Å². The smallest absolute Gasteiger partial charge is 0.312 e. The van der Waals surface area contributed by atoms with E-state index in [4.69, 9.17) is 21.1 Å². The van der Waals surface area contributed by atoms with Gasteiger partial charge in [-0.3, -0.25) is 24.5 Å². The van der Waals surface area contributed by atoms with Crippen LogP contribution in [-0.4, -0.2) is 42.5 Å². The minimum absolute atomic E-state index is 0.0265. The summed E-state index contributed by atoms with van der Waals surface area (Å²) in [5.74, 6) is -1.73. The fourth-order valence-electron chi connectivity index (χ4n) is 3.17. The van der Waals surface area contributed by atoms with E-state index in [1.165, 1.54) is 31.1 Å². The van der Waals surface area contributed by atoms with E-state index in [0.717, 1.165) is 6.07 Å². The lowest BCUT2D eigenvalue weighted by atomic mass is 10.1. The summed E-state index contributed by atoms with van der Waals surface area (Å²) in [5.41, 5.74) is 0.521. The molecule has 1 aliphatic rings. The van der Waals surface area contributed by atoms with Crippen LogP contribution in [0.1, 0.15) is 13.3 Å². The van der Waals surface area contributed by atoms with Gasteiger partial charge in [0.05, 0.1) is 28.7 Å². The molecule has 10 nitrogen and oxygen atoms in total. The molecule has 0 aromatic heterocycles. The van der Waals surface area contributed by atoms with E-state index in [0.29, 0.717) is 11.4 Å². The average molecular weight is 462 g/mol. The maximum Gasteiger partial charge on any atom is 0.312 e. The van der Waals surface area contributed by atoms with Crippen molar-refractivity contribution in [2.24, 2.45) is 5.92 Å². The Morgan fingerprint density at radius 1 is 1.28 bits per heavy atom. The molecule has 0 aliphatic carbocycles. The van der Waals surface area contributed by atoms with Crippen LogP contribution >= 0.6 is 11.6 Å². The number of benzene rings is 2. The molecule has 2 unspecified atom stereocenters. The molecule has 0 spiro atoms. The number of ether oxygens (including phenoxy) is 2. The van der Waals surface area contributed by atoms with Gasteiger partial charge >= 0.3 is 5.97 Å². The first-order valence-corrected chi connectivity index (χ1v) is 9.97. The molecule has 2 amide bonds. The van der Waals surface area contributed by atoms with Gasteiger partial charge in [0.1, 0.15) is 5.75 Å². The summed E-state index contributed by atoms with van der Waals surface area (Å²) in [6, 6.07) is 10.5. The van der Waals surface area contributed by atoms with Crippen LogP contribution in [0, 0.1) is 16.0 Å². The van der Waals surface area contributed by atoms with Gasteiger partial charge in [-0.15, -0.1) is 0 Å². The van der Waals surface area contributed by atoms with Crippen molar-refractivity contribution in [2.75, 3.05) is 23.9 Å². The fraction of sp³-hybridized carbons (Fsp3) is 0.286. The van der Waals surface area contributed by atoms with Crippen molar-refractivity contribution in [1.29, 1.82) is 0 Å². The molecule has 1 saturated heterocycles. The van der Waals surface area contributed by atoms with Gasteiger partial charge in [-0.1, -0.05) is 17.7 Å². The Morgan fingerprint density at radius 2 is 2.03 bits per heavy atom. The number of carbonyl (C=O) groups is 3. The van der Waals surface area contributed by atoms with Crippen molar-refractivity contribution >= 4 is 46.4 Å². The number of nitro benzene ring substituents is 1. The maximum absolute atomic E-state index is 12.5. The second kappa shape index (κ2) is 9.65. The number of esters is 1. The monoisotopic (exact) mass is 461 g/mol. The van der Waals surface area contributed by atoms with E-state index >= 15 is 0 Å². The predicted molar refractivity (Wildman–Crippen MR) is 116 cm³/mol. The molecule has 168 valence electrons. The van der Waals surface area contributed by atoms with Crippen molar-refractivity contribution in [3.8, 4) is 5.75 Å². The van der Waals surface area contributed by atoms with Crippen molar-refractivity contribution in [3.05, 3.63) is 57.6 Å². The van der Waals surface area contributed by atoms with Crippen LogP contribution in [0.3, 0.4) is 0 Å². The van der Waals surface area contributed by atoms with Crippen LogP contribution in [0.4, 0.5) is 17.1 Å². The average Bonchev–Trinajstić information content (AvgIpc) is 3.16. The minimum Gasteiger partial charge on any atom is -0.497 e. The van der Waals surface area contributed by atoms with Gasteiger partial charge in [0.25, 0.3) is 11.6 Å². The Bertz CT molecular complexity index is 1080. The Balaban J connectivity index is 1.60. The molecule has 1 heterocycles. The number of halogens is 1. The second-order valence-electron chi connectivity index (χ2n) is 7.10. The predicted octanol–water partition coefficient (Wildman–Crippen LogP) is 3.18. The molecular formula is C21H20ClN3O7. The molecule has 0 radical (unpaired) electrons. The van der Waals surface area contributed by atoms with E-state index in [2.05, 4.69) is 5.32 Å². The topological polar surface area (TPSA) is 128 Å². The number of non-ortho nitro benzene ring substituents is 1. The molecule has 1 N–H and O–H groups in total. The SMILES string of the molecule is COc1cccc(N2CC(C(=O)OC(C)C(=O)Nc3ccc([N+](=O)[O-])cc3Cl)CC2=O)c1. The standard InChI is InChI=1S/C21H20ClN3O7/c1-12(20(27)23-18-7-6-15(25(29)30)10-17(18)22)32-21(28)13-8-19(26)24(11-13)14-4-3-5-16(9-14)31-2/h3-7,9-10,12-13H,8,11H2,1-2H3,(H,23,27). The highest BCUT2D eigenvalue weighted by Crippen LogP contribution is 2.29. The first kappa shape index (κ1) is 23.0. The van der Waals surface area contributed by atoms with Gasteiger partial charge in [0.15, 0.2) is 6.10 Å². The lowest BCUT2D eigenvalue weighted by Gasteiger charge is -2.18. The Labute approximate surface area is 188 Å². The third kappa shape index (κ3) is 5.14. The second-order valence-corrected chi connectivity index (χ2v) is 7.50. The van der Waals surface area contributed by atoms with Crippen LogP contribution in [0.25, 0.3) is 0 Å².